The Morgan fingerprint density at radius 1 is 1.53 bits per heavy atom. The van der Waals surface area contributed by atoms with E-state index in [4.69, 9.17) is 4.74 Å². The quantitative estimate of drug-likeness (QED) is 0.825. The second-order valence-electron chi connectivity index (χ2n) is 5.69. The van der Waals surface area contributed by atoms with Gasteiger partial charge in [-0.25, -0.2) is 0 Å². The molecule has 19 heavy (non-hydrogen) atoms. The molecule has 5 nitrogen and oxygen atoms in total. The third-order valence-corrected chi connectivity index (χ3v) is 4.34. The summed E-state index contributed by atoms with van der Waals surface area (Å²) in [5.74, 6) is 0.824. The van der Waals surface area contributed by atoms with Crippen molar-refractivity contribution in [1.82, 2.24) is 10.2 Å². The monoisotopic (exact) mass is 268 g/mol. The van der Waals surface area contributed by atoms with Gasteiger partial charge in [0.25, 0.3) is 0 Å². The molecule has 0 aromatic heterocycles. The molecule has 2 fully saturated rings. The third-order valence-electron chi connectivity index (χ3n) is 4.34. The first kappa shape index (κ1) is 14.3. The molecule has 0 radical (unpaired) electrons. The summed E-state index contributed by atoms with van der Waals surface area (Å²) >= 11 is 0. The van der Waals surface area contributed by atoms with Crippen molar-refractivity contribution in [3.8, 4) is 0 Å². The van der Waals surface area contributed by atoms with Gasteiger partial charge >= 0.3 is 0 Å². The Bertz CT molecular complexity index is 346. The molecule has 0 aromatic carbocycles. The second kappa shape index (κ2) is 6.37. The molecular formula is C14H24N2O3. The van der Waals surface area contributed by atoms with Crippen molar-refractivity contribution in [1.29, 1.82) is 0 Å². The summed E-state index contributed by atoms with van der Waals surface area (Å²) in [6, 6.07) is 0.281. The molecule has 0 aromatic rings. The van der Waals surface area contributed by atoms with E-state index in [-0.39, 0.29) is 24.0 Å². The molecule has 3 unspecified atom stereocenters. The summed E-state index contributed by atoms with van der Waals surface area (Å²) < 4.78 is 5.17. The molecular weight excluding hydrogens is 244 g/mol. The van der Waals surface area contributed by atoms with Crippen LogP contribution >= 0.6 is 0 Å². The van der Waals surface area contributed by atoms with Crippen LogP contribution in [0.3, 0.4) is 0 Å². The Morgan fingerprint density at radius 3 is 3.05 bits per heavy atom. The molecule has 5 heteroatoms. The van der Waals surface area contributed by atoms with Gasteiger partial charge in [0.2, 0.25) is 11.8 Å². The molecule has 0 aliphatic carbocycles. The topological polar surface area (TPSA) is 58.6 Å². The maximum Gasteiger partial charge on any atom is 0.222 e. The molecule has 108 valence electrons. The van der Waals surface area contributed by atoms with Gasteiger partial charge in [-0.3, -0.25) is 9.59 Å². The average Bonchev–Trinajstić information content (AvgIpc) is 2.43. The zero-order valence-electron chi connectivity index (χ0n) is 11.9. The van der Waals surface area contributed by atoms with Crippen molar-refractivity contribution in [2.75, 3.05) is 20.2 Å². The van der Waals surface area contributed by atoms with Gasteiger partial charge in [0.1, 0.15) is 0 Å². The van der Waals surface area contributed by atoms with Crippen molar-refractivity contribution in [3.63, 3.8) is 0 Å². The number of nitrogens with one attached hydrogen (secondary N) is 1. The van der Waals surface area contributed by atoms with E-state index in [0.717, 1.165) is 32.4 Å². The lowest BCUT2D eigenvalue weighted by molar-refractivity contribution is -0.135. The van der Waals surface area contributed by atoms with Crippen LogP contribution in [0.1, 0.15) is 39.0 Å². The van der Waals surface area contributed by atoms with Crippen LogP contribution in [-0.2, 0) is 14.3 Å². The number of amides is 2. The first-order valence-corrected chi connectivity index (χ1v) is 7.20. The van der Waals surface area contributed by atoms with E-state index in [9.17, 15) is 9.59 Å². The van der Waals surface area contributed by atoms with Crippen molar-refractivity contribution in [2.24, 2.45) is 5.92 Å². The fraction of sp³-hybridized carbons (Fsp3) is 0.857. The van der Waals surface area contributed by atoms with Gasteiger partial charge in [-0.1, -0.05) is 0 Å². The minimum absolute atomic E-state index is 0.135. The number of piperidine rings is 2. The van der Waals surface area contributed by atoms with Crippen molar-refractivity contribution >= 4 is 11.8 Å². The van der Waals surface area contributed by atoms with Gasteiger partial charge < -0.3 is 15.0 Å². The fourth-order valence-corrected chi connectivity index (χ4v) is 2.94. The van der Waals surface area contributed by atoms with Crippen molar-refractivity contribution in [3.05, 3.63) is 0 Å². The number of hydrogen-bond acceptors (Lipinski definition) is 3. The second-order valence-corrected chi connectivity index (χ2v) is 5.69. The van der Waals surface area contributed by atoms with Gasteiger partial charge in [0.15, 0.2) is 0 Å². The van der Waals surface area contributed by atoms with E-state index in [1.807, 2.05) is 11.8 Å². The van der Waals surface area contributed by atoms with E-state index in [1.54, 1.807) is 7.11 Å². The molecule has 1 N–H and O–H groups in total. The number of likely N-dealkylation sites (tertiary alicyclic amines) is 1. The smallest absolute Gasteiger partial charge is 0.222 e. The number of ether oxygens (including phenoxy) is 1. The van der Waals surface area contributed by atoms with Gasteiger partial charge in [-0.15, -0.1) is 0 Å². The van der Waals surface area contributed by atoms with Crippen LogP contribution < -0.4 is 5.32 Å². The van der Waals surface area contributed by atoms with E-state index < -0.39 is 0 Å². The Hall–Kier alpha value is -1.10. The lowest BCUT2D eigenvalue weighted by Gasteiger charge is -2.41. The maximum atomic E-state index is 12.1. The van der Waals surface area contributed by atoms with Gasteiger partial charge in [0, 0.05) is 39.1 Å². The number of carbonyl (C=O) groups excluding carboxylic acids is 2. The zero-order valence-corrected chi connectivity index (χ0v) is 11.9. The first-order chi connectivity index (χ1) is 9.10. The van der Waals surface area contributed by atoms with Crippen LogP contribution in [0.25, 0.3) is 0 Å². The zero-order chi connectivity index (χ0) is 13.8. The summed E-state index contributed by atoms with van der Waals surface area (Å²) in [5.41, 5.74) is 0. The normalized spacial score (nSPS) is 28.5. The highest BCUT2D eigenvalue weighted by atomic mass is 16.5. The maximum absolute atomic E-state index is 12.1. The summed E-state index contributed by atoms with van der Waals surface area (Å²) in [6.07, 6.45) is 3.87. The molecule has 0 saturated carbocycles. The number of nitrogens with zero attached hydrogens (tertiary/aromatic N) is 1. The molecule has 2 aliphatic heterocycles. The predicted octanol–water partition coefficient (Wildman–Crippen LogP) is 0.929. The minimum atomic E-state index is 0.135. The standard InChI is InChI=1S/C14H24N2O3/c1-10(19-2)3-6-14(18)16-8-7-12-11(9-16)4-5-13(17)15-12/h10-12H,3-9H2,1-2H3,(H,15,17). The SMILES string of the molecule is COC(C)CCC(=O)N1CCC2NC(=O)CCC2C1. The van der Waals surface area contributed by atoms with Crippen LogP contribution in [-0.4, -0.2) is 49.1 Å². The largest absolute Gasteiger partial charge is 0.382 e. The summed E-state index contributed by atoms with van der Waals surface area (Å²) in [4.78, 5) is 25.4. The van der Waals surface area contributed by atoms with E-state index >= 15 is 0 Å². The molecule has 2 amide bonds. The lowest BCUT2D eigenvalue weighted by atomic mass is 9.85. The molecule has 3 atom stereocenters. The van der Waals surface area contributed by atoms with Crippen LogP contribution in [0.2, 0.25) is 0 Å². The van der Waals surface area contributed by atoms with Gasteiger partial charge in [-0.05, 0) is 32.1 Å². The highest BCUT2D eigenvalue weighted by molar-refractivity contribution is 5.78. The number of rotatable bonds is 4. The Balaban J connectivity index is 1.80. The predicted molar refractivity (Wildman–Crippen MR) is 71.6 cm³/mol. The Kier molecular flexibility index (Phi) is 4.80. The number of fused-ring (bicyclic) bond motifs is 1. The van der Waals surface area contributed by atoms with Crippen molar-refractivity contribution in [2.45, 2.75) is 51.2 Å². The van der Waals surface area contributed by atoms with E-state index in [1.165, 1.54) is 0 Å². The minimum Gasteiger partial charge on any atom is -0.382 e. The first-order valence-electron chi connectivity index (χ1n) is 7.20. The number of methoxy groups -OCH3 is 1. The third kappa shape index (κ3) is 3.69. The highest BCUT2D eigenvalue weighted by Gasteiger charge is 2.35. The van der Waals surface area contributed by atoms with Crippen LogP contribution in [0.5, 0.6) is 0 Å². The van der Waals surface area contributed by atoms with Crippen LogP contribution in [0, 0.1) is 5.92 Å². The van der Waals surface area contributed by atoms with Gasteiger partial charge in [-0.2, -0.15) is 0 Å². The van der Waals surface area contributed by atoms with Gasteiger partial charge in [0.05, 0.1) is 6.10 Å². The van der Waals surface area contributed by atoms with Crippen LogP contribution in [0.15, 0.2) is 0 Å². The van der Waals surface area contributed by atoms with E-state index in [2.05, 4.69) is 5.32 Å². The molecule has 2 aliphatic rings. The fourth-order valence-electron chi connectivity index (χ4n) is 2.94. The summed E-state index contributed by atoms with van der Waals surface area (Å²) in [7, 11) is 1.67. The van der Waals surface area contributed by atoms with Crippen LogP contribution in [0.4, 0.5) is 0 Å². The molecule has 2 rings (SSSR count). The average molecular weight is 268 g/mol. The molecule has 2 heterocycles. The number of carbonyl (C=O) groups is 2. The summed E-state index contributed by atoms with van der Waals surface area (Å²) in [6.45, 7) is 3.54. The molecule has 0 bridgehead atoms. The lowest BCUT2D eigenvalue weighted by Crippen LogP contribution is -2.55. The number of hydrogen-bond donors (Lipinski definition) is 1. The summed E-state index contributed by atoms with van der Waals surface area (Å²) in [5, 5.41) is 3.04. The highest BCUT2D eigenvalue weighted by Crippen LogP contribution is 2.25. The van der Waals surface area contributed by atoms with E-state index in [0.29, 0.717) is 18.8 Å². The Labute approximate surface area is 114 Å². The molecule has 2 saturated heterocycles. The molecule has 0 spiro atoms. The van der Waals surface area contributed by atoms with Crippen molar-refractivity contribution < 1.29 is 14.3 Å². The Morgan fingerprint density at radius 2 is 2.32 bits per heavy atom.